The molecule has 0 amide bonds. The van der Waals surface area contributed by atoms with Gasteiger partial charge in [0.2, 0.25) is 10.0 Å². The summed E-state index contributed by atoms with van der Waals surface area (Å²) in [5.74, 6) is 1.03. The molecule has 1 aliphatic heterocycles. The number of phenols is 1. The van der Waals surface area contributed by atoms with E-state index in [9.17, 15) is 13.5 Å². The Morgan fingerprint density at radius 3 is 2.54 bits per heavy atom. The van der Waals surface area contributed by atoms with Gasteiger partial charge >= 0.3 is 0 Å². The van der Waals surface area contributed by atoms with Crippen molar-refractivity contribution in [3.05, 3.63) is 41.8 Å². The Morgan fingerprint density at radius 2 is 1.89 bits per heavy atom. The molecule has 3 N–H and O–H groups in total. The number of sulfonamides is 1. The van der Waals surface area contributed by atoms with Crippen molar-refractivity contribution in [3.8, 4) is 5.75 Å². The van der Waals surface area contributed by atoms with Crippen LogP contribution in [0.4, 0.5) is 5.69 Å². The Balaban J connectivity index is 1.46. The van der Waals surface area contributed by atoms with Crippen LogP contribution >= 0.6 is 11.3 Å². The number of guanidine groups is 1. The van der Waals surface area contributed by atoms with Gasteiger partial charge in [0.1, 0.15) is 9.96 Å². The zero-order valence-corrected chi connectivity index (χ0v) is 17.3. The minimum atomic E-state index is -3.44. The van der Waals surface area contributed by atoms with Crippen molar-refractivity contribution in [2.45, 2.75) is 4.21 Å². The summed E-state index contributed by atoms with van der Waals surface area (Å²) in [7, 11) is -1.73. The fourth-order valence-electron chi connectivity index (χ4n) is 3.07. The van der Waals surface area contributed by atoms with Gasteiger partial charge in [-0.05, 0) is 23.6 Å². The van der Waals surface area contributed by atoms with Crippen molar-refractivity contribution in [2.75, 3.05) is 51.2 Å². The number of nitrogens with one attached hydrogen (secondary N) is 2. The average Bonchev–Trinajstić information content (AvgIpc) is 3.25. The van der Waals surface area contributed by atoms with Crippen molar-refractivity contribution in [1.29, 1.82) is 0 Å². The molecule has 1 aromatic carbocycles. The number of phenolic OH excluding ortho intramolecular Hbond substituents is 1. The van der Waals surface area contributed by atoms with Gasteiger partial charge in [0.15, 0.2) is 5.96 Å². The lowest BCUT2D eigenvalue weighted by atomic mass is 10.2. The molecule has 28 heavy (non-hydrogen) atoms. The van der Waals surface area contributed by atoms with Crippen LogP contribution < -0.4 is 14.9 Å². The van der Waals surface area contributed by atoms with Crippen molar-refractivity contribution in [1.82, 2.24) is 14.9 Å². The zero-order chi connectivity index (χ0) is 20.0. The van der Waals surface area contributed by atoms with E-state index < -0.39 is 10.0 Å². The average molecular weight is 424 g/mol. The van der Waals surface area contributed by atoms with Crippen LogP contribution in [0.15, 0.2) is 51.0 Å². The highest BCUT2D eigenvalue weighted by Gasteiger charge is 2.21. The maximum absolute atomic E-state index is 12.1. The van der Waals surface area contributed by atoms with Crippen molar-refractivity contribution < 1.29 is 13.5 Å². The number of hydrogen-bond acceptors (Lipinski definition) is 6. The molecule has 1 aliphatic rings. The molecule has 0 bridgehead atoms. The monoisotopic (exact) mass is 423 g/mol. The van der Waals surface area contributed by atoms with Crippen LogP contribution in [0.5, 0.6) is 5.75 Å². The maximum Gasteiger partial charge on any atom is 0.250 e. The molecule has 152 valence electrons. The van der Waals surface area contributed by atoms with E-state index in [1.54, 1.807) is 30.6 Å². The summed E-state index contributed by atoms with van der Waals surface area (Å²) in [4.78, 5) is 8.58. The molecule has 0 spiro atoms. The van der Waals surface area contributed by atoms with Crippen LogP contribution in [0, 0.1) is 0 Å². The van der Waals surface area contributed by atoms with Crippen LogP contribution in [0.1, 0.15) is 0 Å². The third-order valence-electron chi connectivity index (χ3n) is 4.47. The molecule has 0 aliphatic carbocycles. The number of para-hydroxylation sites is 2. The number of aliphatic imine (C=N–C) groups is 1. The van der Waals surface area contributed by atoms with Crippen LogP contribution in [0.3, 0.4) is 0 Å². The minimum Gasteiger partial charge on any atom is -0.506 e. The smallest absolute Gasteiger partial charge is 0.250 e. The molecule has 1 fully saturated rings. The van der Waals surface area contributed by atoms with Crippen LogP contribution in [0.25, 0.3) is 0 Å². The normalized spacial score (nSPS) is 15.7. The van der Waals surface area contributed by atoms with E-state index in [0.29, 0.717) is 10.8 Å². The number of nitrogens with zero attached hydrogens (tertiary/aromatic N) is 3. The highest BCUT2D eigenvalue weighted by Crippen LogP contribution is 2.27. The number of benzene rings is 1. The van der Waals surface area contributed by atoms with Gasteiger partial charge in [-0.2, -0.15) is 0 Å². The minimum absolute atomic E-state index is 0.275. The second-order valence-corrected chi connectivity index (χ2v) is 9.21. The first kappa shape index (κ1) is 20.4. The fraction of sp³-hybridized carbons (Fsp3) is 0.389. The summed E-state index contributed by atoms with van der Waals surface area (Å²) in [5.41, 5.74) is 0.841. The second-order valence-electron chi connectivity index (χ2n) is 6.27. The number of hydrogen-bond donors (Lipinski definition) is 3. The lowest BCUT2D eigenvalue weighted by Crippen LogP contribution is -2.53. The summed E-state index contributed by atoms with van der Waals surface area (Å²) < 4.78 is 27.1. The summed E-state index contributed by atoms with van der Waals surface area (Å²) in [6, 6.07) is 10.6. The summed E-state index contributed by atoms with van der Waals surface area (Å²) in [6.07, 6.45) is 0. The van der Waals surface area contributed by atoms with Crippen LogP contribution in [0.2, 0.25) is 0 Å². The van der Waals surface area contributed by atoms with E-state index in [4.69, 9.17) is 0 Å². The molecule has 1 saturated heterocycles. The van der Waals surface area contributed by atoms with E-state index in [-0.39, 0.29) is 12.3 Å². The highest BCUT2D eigenvalue weighted by atomic mass is 32.2. The van der Waals surface area contributed by atoms with Gasteiger partial charge in [-0.3, -0.25) is 4.99 Å². The molecule has 8 nitrogen and oxygen atoms in total. The molecule has 10 heteroatoms. The van der Waals surface area contributed by atoms with Gasteiger partial charge in [0, 0.05) is 46.3 Å². The third-order valence-corrected chi connectivity index (χ3v) is 7.33. The topological polar surface area (TPSA) is 97.3 Å². The Kier molecular flexibility index (Phi) is 6.76. The molecular weight excluding hydrogens is 398 g/mol. The van der Waals surface area contributed by atoms with Crippen LogP contribution in [-0.2, 0) is 10.0 Å². The number of anilines is 1. The van der Waals surface area contributed by atoms with Crippen LogP contribution in [-0.4, -0.2) is 70.7 Å². The van der Waals surface area contributed by atoms with Gasteiger partial charge in [-0.15, -0.1) is 11.3 Å². The fourth-order valence-corrected chi connectivity index (χ4v) is 5.14. The Bertz CT molecular complexity index is 892. The van der Waals surface area contributed by atoms with Gasteiger partial charge in [-0.1, -0.05) is 18.2 Å². The molecule has 2 aromatic rings. The zero-order valence-electron chi connectivity index (χ0n) is 15.7. The van der Waals surface area contributed by atoms with E-state index in [1.807, 2.05) is 18.2 Å². The second kappa shape index (κ2) is 9.26. The molecule has 0 unspecified atom stereocenters. The van der Waals surface area contributed by atoms with Crippen molar-refractivity contribution in [3.63, 3.8) is 0 Å². The van der Waals surface area contributed by atoms with E-state index >= 15 is 0 Å². The summed E-state index contributed by atoms with van der Waals surface area (Å²) >= 11 is 1.20. The lowest BCUT2D eigenvalue weighted by molar-refractivity contribution is 0.370. The third kappa shape index (κ3) is 4.94. The predicted molar refractivity (Wildman–Crippen MR) is 113 cm³/mol. The Labute approximate surface area is 169 Å². The standard InChI is InChI=1S/C18H25N5O3S2/c1-19-18(20-8-9-21-28(25,26)17-7-4-14-27-17)23-12-10-22(11-13-23)15-5-2-3-6-16(15)24/h2-7,14,21,24H,8-13H2,1H3,(H,19,20). The molecule has 0 atom stereocenters. The number of thiophene rings is 1. The summed E-state index contributed by atoms with van der Waals surface area (Å²) in [6.45, 7) is 3.77. The molecule has 0 radical (unpaired) electrons. The van der Waals surface area contributed by atoms with E-state index in [2.05, 4.69) is 24.8 Å². The van der Waals surface area contributed by atoms with Crippen molar-refractivity contribution >= 4 is 33.0 Å². The van der Waals surface area contributed by atoms with Gasteiger partial charge in [0.05, 0.1) is 5.69 Å². The quantitative estimate of drug-likeness (QED) is 0.366. The van der Waals surface area contributed by atoms with E-state index in [0.717, 1.165) is 37.8 Å². The molecule has 2 heterocycles. The largest absolute Gasteiger partial charge is 0.506 e. The molecular formula is C18H25N5O3S2. The highest BCUT2D eigenvalue weighted by molar-refractivity contribution is 7.91. The number of aromatic hydroxyl groups is 1. The first-order chi connectivity index (χ1) is 13.5. The van der Waals surface area contributed by atoms with Crippen molar-refractivity contribution in [2.24, 2.45) is 4.99 Å². The van der Waals surface area contributed by atoms with E-state index in [1.165, 1.54) is 11.3 Å². The first-order valence-electron chi connectivity index (χ1n) is 9.03. The maximum atomic E-state index is 12.1. The van der Waals surface area contributed by atoms with Gasteiger partial charge in [0.25, 0.3) is 0 Å². The first-order valence-corrected chi connectivity index (χ1v) is 11.4. The molecule has 3 rings (SSSR count). The predicted octanol–water partition coefficient (Wildman–Crippen LogP) is 1.13. The van der Waals surface area contributed by atoms with Gasteiger partial charge < -0.3 is 20.2 Å². The molecule has 0 saturated carbocycles. The number of rotatable bonds is 6. The SMILES string of the molecule is CN=C(NCCNS(=O)(=O)c1cccs1)N1CCN(c2ccccc2O)CC1. The van der Waals surface area contributed by atoms with Gasteiger partial charge in [-0.25, -0.2) is 13.1 Å². The molecule has 1 aromatic heterocycles. The summed E-state index contributed by atoms with van der Waals surface area (Å²) in [5, 5.41) is 15.0. The Hall–Kier alpha value is -2.30. The lowest BCUT2D eigenvalue weighted by Gasteiger charge is -2.37. The number of piperazine rings is 1. The Morgan fingerprint density at radius 1 is 1.14 bits per heavy atom.